The largest absolute Gasteiger partial charge is 0.462 e. The first-order valence-corrected chi connectivity index (χ1v) is 14.7. The molecule has 0 aromatic rings. The van der Waals surface area contributed by atoms with Crippen molar-refractivity contribution in [3.05, 3.63) is 34.4 Å². The fourth-order valence-corrected chi connectivity index (χ4v) is 10.8. The third-order valence-corrected chi connectivity index (χ3v) is 12.6. The zero-order valence-corrected chi connectivity index (χ0v) is 23.7. The van der Waals surface area contributed by atoms with E-state index in [1.807, 2.05) is 0 Å². The molecule has 2 saturated heterocycles. The lowest BCUT2D eigenvalue weighted by Crippen LogP contribution is -2.50. The molecule has 7 nitrogen and oxygen atoms in total. The molecule has 2 bridgehead atoms. The first-order chi connectivity index (χ1) is 18.4. The van der Waals surface area contributed by atoms with Gasteiger partial charge in [0.2, 0.25) is 0 Å². The molecule has 1 N–H and O–H groups in total. The molecule has 39 heavy (non-hydrogen) atoms. The van der Waals surface area contributed by atoms with Gasteiger partial charge in [-0.25, -0.2) is 4.79 Å². The summed E-state index contributed by atoms with van der Waals surface area (Å²) in [5, 5.41) is 11.1. The molecule has 11 unspecified atom stereocenters. The zero-order chi connectivity index (χ0) is 27.8. The number of esters is 3. The fraction of sp³-hybridized carbons (Fsp3) is 0.719. The van der Waals surface area contributed by atoms with Crippen LogP contribution in [0.5, 0.6) is 0 Å². The zero-order valence-electron chi connectivity index (χ0n) is 23.7. The maximum atomic E-state index is 14.2. The van der Waals surface area contributed by atoms with Gasteiger partial charge in [-0.2, -0.15) is 0 Å². The molecule has 11 atom stereocenters. The van der Waals surface area contributed by atoms with Gasteiger partial charge < -0.3 is 19.3 Å². The molecule has 7 aliphatic rings. The number of allylic oxidation sites excluding steroid dienone is 1. The molecular formula is C32H40O7. The number of fused-ring (bicyclic) bond motifs is 6. The Bertz CT molecular complexity index is 1290. The summed E-state index contributed by atoms with van der Waals surface area (Å²) in [7, 11) is 0. The van der Waals surface area contributed by atoms with E-state index < -0.39 is 23.0 Å². The number of rotatable bonds is 1. The summed E-state index contributed by atoms with van der Waals surface area (Å²) in [6, 6.07) is 0. The predicted molar refractivity (Wildman–Crippen MR) is 141 cm³/mol. The Kier molecular flexibility index (Phi) is 5.15. The second-order valence-corrected chi connectivity index (χ2v) is 14.0. The van der Waals surface area contributed by atoms with Crippen molar-refractivity contribution in [1.29, 1.82) is 0 Å². The van der Waals surface area contributed by atoms with Gasteiger partial charge in [-0.1, -0.05) is 42.7 Å². The second-order valence-electron chi connectivity index (χ2n) is 14.0. The summed E-state index contributed by atoms with van der Waals surface area (Å²) in [5.74, 6) is -1.17. The van der Waals surface area contributed by atoms with Crippen LogP contribution in [-0.4, -0.2) is 47.4 Å². The van der Waals surface area contributed by atoms with Gasteiger partial charge in [-0.05, 0) is 64.7 Å². The number of carbonyl (C=O) groups excluding carboxylic acids is 3. The normalized spacial score (nSPS) is 49.8. The van der Waals surface area contributed by atoms with E-state index in [1.54, 1.807) is 0 Å². The lowest BCUT2D eigenvalue weighted by molar-refractivity contribution is -0.156. The molecule has 2 aliphatic heterocycles. The van der Waals surface area contributed by atoms with Crippen molar-refractivity contribution >= 4 is 17.9 Å². The first kappa shape index (κ1) is 25.6. The average molecular weight is 537 g/mol. The van der Waals surface area contributed by atoms with E-state index in [0.717, 1.165) is 24.8 Å². The van der Waals surface area contributed by atoms with Crippen LogP contribution >= 0.6 is 0 Å². The monoisotopic (exact) mass is 536 g/mol. The van der Waals surface area contributed by atoms with E-state index in [1.165, 1.54) is 23.6 Å². The van der Waals surface area contributed by atoms with Crippen molar-refractivity contribution in [3.63, 3.8) is 0 Å². The Hall–Kier alpha value is -2.41. The molecule has 210 valence electrons. The number of carbonyl (C=O) groups is 3. The molecule has 2 spiro atoms. The van der Waals surface area contributed by atoms with Crippen molar-refractivity contribution in [2.24, 2.45) is 39.9 Å². The molecule has 7 heteroatoms. The van der Waals surface area contributed by atoms with Gasteiger partial charge in [0.1, 0.15) is 18.3 Å². The highest BCUT2D eigenvalue weighted by atomic mass is 16.6. The summed E-state index contributed by atoms with van der Waals surface area (Å²) in [6.07, 6.45) is 3.44. The van der Waals surface area contributed by atoms with E-state index in [2.05, 4.69) is 34.3 Å². The molecule has 5 aliphatic carbocycles. The Morgan fingerprint density at radius 3 is 2.56 bits per heavy atom. The summed E-state index contributed by atoms with van der Waals surface area (Å²) in [5.41, 5.74) is 3.81. The van der Waals surface area contributed by atoms with Crippen LogP contribution in [0.3, 0.4) is 0 Å². The van der Waals surface area contributed by atoms with Crippen LogP contribution in [0.15, 0.2) is 34.4 Å². The number of ether oxygens (including phenoxy) is 3. The summed E-state index contributed by atoms with van der Waals surface area (Å²) >= 11 is 0. The molecular weight excluding hydrogens is 496 g/mol. The van der Waals surface area contributed by atoms with Crippen LogP contribution in [0.25, 0.3) is 0 Å². The predicted octanol–water partition coefficient (Wildman–Crippen LogP) is 4.58. The number of aliphatic hydroxyl groups excluding tert-OH is 1. The van der Waals surface area contributed by atoms with Crippen LogP contribution < -0.4 is 0 Å². The minimum Gasteiger partial charge on any atom is -0.462 e. The second kappa shape index (κ2) is 7.86. The molecule has 0 radical (unpaired) electrons. The molecule has 2 heterocycles. The van der Waals surface area contributed by atoms with Crippen molar-refractivity contribution in [3.8, 4) is 0 Å². The van der Waals surface area contributed by atoms with Crippen LogP contribution in [0, 0.1) is 39.9 Å². The lowest BCUT2D eigenvalue weighted by Gasteiger charge is -2.50. The summed E-state index contributed by atoms with van der Waals surface area (Å²) in [4.78, 5) is 39.2. The fourth-order valence-electron chi connectivity index (χ4n) is 10.8. The van der Waals surface area contributed by atoms with Crippen LogP contribution in [0.1, 0.15) is 79.6 Å². The number of hydrogen-bond donors (Lipinski definition) is 1. The first-order valence-electron chi connectivity index (χ1n) is 14.7. The summed E-state index contributed by atoms with van der Waals surface area (Å²) in [6.45, 7) is 14.1. The molecule has 3 saturated carbocycles. The van der Waals surface area contributed by atoms with Gasteiger partial charge in [0.05, 0.1) is 11.5 Å². The van der Waals surface area contributed by atoms with E-state index in [9.17, 15) is 19.5 Å². The third kappa shape index (κ3) is 2.90. The van der Waals surface area contributed by atoms with Crippen molar-refractivity contribution in [2.45, 2.75) is 104 Å². The Labute approximate surface area is 230 Å². The van der Waals surface area contributed by atoms with Gasteiger partial charge in [-0.3, -0.25) is 9.59 Å². The van der Waals surface area contributed by atoms with Gasteiger partial charge in [-0.15, -0.1) is 0 Å². The van der Waals surface area contributed by atoms with Gasteiger partial charge in [0.25, 0.3) is 0 Å². The summed E-state index contributed by atoms with van der Waals surface area (Å²) < 4.78 is 18.3. The Morgan fingerprint density at radius 1 is 1.10 bits per heavy atom. The lowest BCUT2D eigenvalue weighted by atomic mass is 9.52. The maximum Gasteiger partial charge on any atom is 0.334 e. The van der Waals surface area contributed by atoms with Crippen molar-refractivity contribution in [2.75, 3.05) is 0 Å². The molecule has 0 amide bonds. The van der Waals surface area contributed by atoms with E-state index in [0.29, 0.717) is 31.3 Å². The maximum absolute atomic E-state index is 14.2. The topological polar surface area (TPSA) is 99.1 Å². The van der Waals surface area contributed by atoms with Crippen molar-refractivity contribution in [1.82, 2.24) is 0 Å². The van der Waals surface area contributed by atoms with Crippen molar-refractivity contribution < 1.29 is 33.7 Å². The third-order valence-electron chi connectivity index (χ3n) is 12.6. The smallest absolute Gasteiger partial charge is 0.334 e. The van der Waals surface area contributed by atoms with E-state index in [4.69, 9.17) is 14.2 Å². The number of hydrogen-bond acceptors (Lipinski definition) is 7. The Morgan fingerprint density at radius 2 is 1.85 bits per heavy atom. The standard InChI is InChI=1S/C32H40O7/c1-14-7-8-25(34)30(6)12-24-22(11-20(14)30)32(29(36)39-24)13-31-15(2)9-23-19(16(3)28(35)38-23)10-21(31)17(4)26(32)27(31)37-18(5)33/h15,19,22-27,34H,3,7-13H2,1-2,4-6H3. The quantitative estimate of drug-likeness (QED) is 0.227. The van der Waals surface area contributed by atoms with Gasteiger partial charge in [0.15, 0.2) is 0 Å². The van der Waals surface area contributed by atoms with Gasteiger partial charge >= 0.3 is 17.9 Å². The highest BCUT2D eigenvalue weighted by Gasteiger charge is 2.79. The van der Waals surface area contributed by atoms with E-state index in [-0.39, 0.29) is 59.2 Å². The van der Waals surface area contributed by atoms with Crippen LogP contribution in [-0.2, 0) is 28.6 Å². The van der Waals surface area contributed by atoms with Crippen LogP contribution in [0.2, 0.25) is 0 Å². The van der Waals surface area contributed by atoms with E-state index >= 15 is 0 Å². The molecule has 0 aromatic carbocycles. The van der Waals surface area contributed by atoms with Crippen LogP contribution in [0.4, 0.5) is 0 Å². The average Bonchev–Trinajstić information content (AvgIpc) is 3.44. The highest BCUT2D eigenvalue weighted by molar-refractivity contribution is 5.91. The highest BCUT2D eigenvalue weighted by Crippen LogP contribution is 2.76. The van der Waals surface area contributed by atoms with Gasteiger partial charge in [0, 0.05) is 41.1 Å². The minimum atomic E-state index is -0.781. The molecule has 7 rings (SSSR count). The molecule has 0 aromatic heterocycles. The SMILES string of the molecule is C=C1C(=O)OC2CC(C)C34CC5(C(=O)OC6CC7(C)C(=C(C)CCC7O)CC65)C(C(C)=C3CC12)C4OC(C)=O. The Balaban J connectivity index is 1.37. The minimum absolute atomic E-state index is 0.0306. The molecule has 5 fully saturated rings. The number of aliphatic hydroxyl groups is 1.